The highest BCUT2D eigenvalue weighted by Crippen LogP contribution is 2.18. The maximum atomic E-state index is 11.9. The van der Waals surface area contributed by atoms with Crippen molar-refractivity contribution >= 4 is 12.0 Å². The molecule has 17 heavy (non-hydrogen) atoms. The molecule has 0 bridgehead atoms. The molecule has 2 aliphatic rings. The second-order valence-corrected chi connectivity index (χ2v) is 4.72. The number of rotatable bonds is 2. The van der Waals surface area contributed by atoms with Gasteiger partial charge >= 0.3 is 12.0 Å². The first-order chi connectivity index (χ1) is 8.09. The van der Waals surface area contributed by atoms with Crippen LogP contribution in [-0.4, -0.2) is 53.8 Å². The third-order valence-electron chi connectivity index (χ3n) is 3.52. The first-order valence-electron chi connectivity index (χ1n) is 5.97. The van der Waals surface area contributed by atoms with Gasteiger partial charge in [-0.05, 0) is 19.8 Å². The largest absolute Gasteiger partial charge is 0.481 e. The molecule has 0 spiro atoms. The van der Waals surface area contributed by atoms with Gasteiger partial charge in [-0.1, -0.05) is 0 Å². The minimum absolute atomic E-state index is 0.170. The zero-order valence-electron chi connectivity index (χ0n) is 9.89. The monoisotopic (exact) mass is 242 g/mol. The highest BCUT2D eigenvalue weighted by Gasteiger charge is 2.36. The van der Waals surface area contributed by atoms with Crippen LogP contribution >= 0.6 is 0 Å². The standard InChI is InChI=1S/C11H18N2O4/c1-7-3-2-4-13(7)11(16)12-9-6-17-5-8(9)10(14)15/h7-9H,2-6H2,1H3,(H,12,16)(H,14,15). The topological polar surface area (TPSA) is 78.9 Å². The third-order valence-corrected chi connectivity index (χ3v) is 3.52. The SMILES string of the molecule is CC1CCCN1C(=O)NC1COCC1C(=O)O. The maximum Gasteiger partial charge on any atom is 0.317 e. The Morgan fingerprint density at radius 3 is 2.76 bits per heavy atom. The van der Waals surface area contributed by atoms with Crippen LogP contribution in [0.25, 0.3) is 0 Å². The number of hydrogen-bond donors (Lipinski definition) is 2. The highest BCUT2D eigenvalue weighted by atomic mass is 16.5. The predicted molar refractivity (Wildman–Crippen MR) is 59.7 cm³/mol. The van der Waals surface area contributed by atoms with Gasteiger partial charge in [-0.15, -0.1) is 0 Å². The lowest BCUT2D eigenvalue weighted by molar-refractivity contribution is -0.142. The molecule has 0 aromatic rings. The van der Waals surface area contributed by atoms with Crippen LogP contribution in [0.3, 0.4) is 0 Å². The second kappa shape index (κ2) is 4.91. The third kappa shape index (κ3) is 2.52. The van der Waals surface area contributed by atoms with E-state index in [1.54, 1.807) is 4.90 Å². The van der Waals surface area contributed by atoms with Crippen molar-refractivity contribution in [3.63, 3.8) is 0 Å². The summed E-state index contributed by atoms with van der Waals surface area (Å²) in [5.74, 6) is -1.54. The fraction of sp³-hybridized carbons (Fsp3) is 0.818. The molecule has 2 amide bonds. The first-order valence-corrected chi connectivity index (χ1v) is 5.97. The van der Waals surface area contributed by atoms with Gasteiger partial charge in [0.25, 0.3) is 0 Å². The summed E-state index contributed by atoms with van der Waals surface area (Å²) in [6.45, 7) is 3.21. The quantitative estimate of drug-likeness (QED) is 0.729. The van der Waals surface area contributed by atoms with Gasteiger partial charge in [0, 0.05) is 12.6 Å². The van der Waals surface area contributed by atoms with Crippen molar-refractivity contribution in [1.82, 2.24) is 10.2 Å². The number of urea groups is 1. The number of nitrogens with one attached hydrogen (secondary N) is 1. The maximum absolute atomic E-state index is 11.9. The molecule has 0 radical (unpaired) electrons. The predicted octanol–water partition coefficient (Wildman–Crippen LogP) is 0.280. The van der Waals surface area contributed by atoms with Crippen LogP contribution in [0, 0.1) is 5.92 Å². The van der Waals surface area contributed by atoms with E-state index in [1.807, 2.05) is 6.92 Å². The number of aliphatic carboxylic acids is 1. The van der Waals surface area contributed by atoms with E-state index in [1.165, 1.54) is 0 Å². The number of hydrogen-bond acceptors (Lipinski definition) is 3. The van der Waals surface area contributed by atoms with Crippen molar-refractivity contribution in [2.24, 2.45) is 5.92 Å². The van der Waals surface area contributed by atoms with Gasteiger partial charge in [0.1, 0.15) is 5.92 Å². The smallest absolute Gasteiger partial charge is 0.317 e. The van der Waals surface area contributed by atoms with Gasteiger partial charge < -0.3 is 20.1 Å². The van der Waals surface area contributed by atoms with Gasteiger partial charge in [-0.2, -0.15) is 0 Å². The van der Waals surface area contributed by atoms with Gasteiger partial charge in [0.2, 0.25) is 0 Å². The molecular formula is C11H18N2O4. The van der Waals surface area contributed by atoms with Crippen molar-refractivity contribution in [1.29, 1.82) is 0 Å². The lowest BCUT2D eigenvalue weighted by Gasteiger charge is -2.25. The normalized spacial score (nSPS) is 32.8. The molecular weight excluding hydrogens is 224 g/mol. The van der Waals surface area contributed by atoms with E-state index in [9.17, 15) is 9.59 Å². The number of likely N-dealkylation sites (tertiary alicyclic amines) is 1. The molecule has 2 N–H and O–H groups in total. The van der Waals surface area contributed by atoms with Crippen LogP contribution in [0.2, 0.25) is 0 Å². The Labute approximate surface area is 99.9 Å². The molecule has 6 nitrogen and oxygen atoms in total. The molecule has 2 rings (SSSR count). The summed E-state index contributed by atoms with van der Waals surface area (Å²) in [5, 5.41) is 11.7. The van der Waals surface area contributed by atoms with Crippen molar-refractivity contribution in [2.45, 2.75) is 31.8 Å². The number of ether oxygens (including phenoxy) is 1. The van der Waals surface area contributed by atoms with Gasteiger partial charge in [0.05, 0.1) is 19.3 Å². The molecule has 2 saturated heterocycles. The summed E-state index contributed by atoms with van der Waals surface area (Å²) in [4.78, 5) is 24.6. The fourth-order valence-corrected chi connectivity index (χ4v) is 2.42. The Balaban J connectivity index is 1.91. The first kappa shape index (κ1) is 12.2. The molecule has 0 aromatic carbocycles. The van der Waals surface area contributed by atoms with Crippen LogP contribution in [-0.2, 0) is 9.53 Å². The van der Waals surface area contributed by atoms with E-state index in [-0.39, 0.29) is 25.3 Å². The number of nitrogens with zero attached hydrogens (tertiary/aromatic N) is 1. The van der Waals surface area contributed by atoms with E-state index in [0.29, 0.717) is 0 Å². The molecule has 3 unspecified atom stereocenters. The summed E-state index contributed by atoms with van der Waals surface area (Å²) < 4.78 is 5.11. The second-order valence-electron chi connectivity index (χ2n) is 4.72. The number of amides is 2. The Hall–Kier alpha value is -1.30. The molecule has 0 saturated carbocycles. The van der Waals surface area contributed by atoms with Crippen LogP contribution < -0.4 is 5.32 Å². The van der Waals surface area contributed by atoms with Gasteiger partial charge in [-0.3, -0.25) is 4.79 Å². The summed E-state index contributed by atoms with van der Waals surface area (Å²) >= 11 is 0. The minimum atomic E-state index is -0.915. The van der Waals surface area contributed by atoms with Crippen LogP contribution in [0.1, 0.15) is 19.8 Å². The lowest BCUT2D eigenvalue weighted by Crippen LogP contribution is -2.49. The Bertz CT molecular complexity index is 321. The average molecular weight is 242 g/mol. The molecule has 2 aliphatic heterocycles. The van der Waals surface area contributed by atoms with Gasteiger partial charge in [0.15, 0.2) is 0 Å². The molecule has 6 heteroatoms. The van der Waals surface area contributed by atoms with Crippen molar-refractivity contribution in [3.8, 4) is 0 Å². The fourth-order valence-electron chi connectivity index (χ4n) is 2.42. The van der Waals surface area contributed by atoms with Crippen molar-refractivity contribution in [3.05, 3.63) is 0 Å². The molecule has 0 aromatic heterocycles. The van der Waals surface area contributed by atoms with E-state index in [2.05, 4.69) is 5.32 Å². The van der Waals surface area contributed by atoms with Crippen LogP contribution in [0.5, 0.6) is 0 Å². The molecule has 0 aliphatic carbocycles. The van der Waals surface area contributed by atoms with Crippen molar-refractivity contribution in [2.75, 3.05) is 19.8 Å². The average Bonchev–Trinajstić information content (AvgIpc) is 2.86. The summed E-state index contributed by atoms with van der Waals surface area (Å²) in [6.07, 6.45) is 2.02. The Morgan fingerprint density at radius 1 is 1.41 bits per heavy atom. The van der Waals surface area contributed by atoms with Crippen molar-refractivity contribution < 1.29 is 19.4 Å². The summed E-state index contributed by atoms with van der Waals surface area (Å²) in [6, 6.07) is -0.342. The zero-order chi connectivity index (χ0) is 12.4. The summed E-state index contributed by atoms with van der Waals surface area (Å²) in [5.41, 5.74) is 0. The van der Waals surface area contributed by atoms with E-state index in [0.717, 1.165) is 19.4 Å². The summed E-state index contributed by atoms with van der Waals surface area (Å²) in [7, 11) is 0. The van der Waals surface area contributed by atoms with Crippen LogP contribution in [0.4, 0.5) is 4.79 Å². The molecule has 2 heterocycles. The number of carbonyl (C=O) groups excluding carboxylic acids is 1. The number of carbonyl (C=O) groups is 2. The van der Waals surface area contributed by atoms with E-state index >= 15 is 0 Å². The Morgan fingerprint density at radius 2 is 2.18 bits per heavy atom. The minimum Gasteiger partial charge on any atom is -0.481 e. The zero-order valence-corrected chi connectivity index (χ0v) is 9.89. The number of carboxylic acids is 1. The Kier molecular flexibility index (Phi) is 3.51. The van der Waals surface area contributed by atoms with Gasteiger partial charge in [-0.25, -0.2) is 4.79 Å². The highest BCUT2D eigenvalue weighted by molar-refractivity contribution is 5.77. The number of carboxylic acid groups (broad SMARTS) is 1. The van der Waals surface area contributed by atoms with E-state index in [4.69, 9.17) is 9.84 Å². The molecule has 3 atom stereocenters. The molecule has 2 fully saturated rings. The molecule has 96 valence electrons. The lowest BCUT2D eigenvalue weighted by atomic mass is 10.0. The van der Waals surface area contributed by atoms with Crippen LogP contribution in [0.15, 0.2) is 0 Å². The van der Waals surface area contributed by atoms with E-state index < -0.39 is 17.9 Å².